The SMILES string of the molecule is CC(N)(C#N)COc1ccc2c(c1[N+](=O)[O-])B(O)OC2. The molecule has 20 heavy (non-hydrogen) atoms. The zero-order valence-electron chi connectivity index (χ0n) is 10.7. The summed E-state index contributed by atoms with van der Waals surface area (Å²) in [5, 5.41) is 29.6. The van der Waals surface area contributed by atoms with Crippen molar-refractivity contribution in [3.63, 3.8) is 0 Å². The fourth-order valence-corrected chi connectivity index (χ4v) is 1.85. The van der Waals surface area contributed by atoms with E-state index >= 15 is 0 Å². The second-order valence-corrected chi connectivity index (χ2v) is 4.72. The second kappa shape index (κ2) is 5.09. The van der Waals surface area contributed by atoms with Crippen molar-refractivity contribution in [1.82, 2.24) is 0 Å². The number of nitriles is 1. The van der Waals surface area contributed by atoms with E-state index in [2.05, 4.69) is 0 Å². The number of ether oxygens (including phenoxy) is 1. The van der Waals surface area contributed by atoms with Gasteiger partial charge in [0.2, 0.25) is 0 Å². The number of nitro benzene ring substituents is 1. The van der Waals surface area contributed by atoms with E-state index in [1.165, 1.54) is 13.0 Å². The molecular formula is C11H12BN3O5. The maximum absolute atomic E-state index is 11.2. The molecule has 1 aliphatic heterocycles. The molecule has 0 amide bonds. The molecule has 0 saturated heterocycles. The van der Waals surface area contributed by atoms with Crippen molar-refractivity contribution in [2.45, 2.75) is 19.1 Å². The van der Waals surface area contributed by atoms with Gasteiger partial charge in [0.25, 0.3) is 0 Å². The van der Waals surface area contributed by atoms with Gasteiger partial charge in [-0.2, -0.15) is 5.26 Å². The quantitative estimate of drug-likeness (QED) is 0.428. The van der Waals surface area contributed by atoms with Crippen molar-refractivity contribution in [1.29, 1.82) is 5.26 Å². The maximum Gasteiger partial charge on any atom is 0.499 e. The van der Waals surface area contributed by atoms with Crippen molar-refractivity contribution in [3.8, 4) is 11.8 Å². The minimum absolute atomic E-state index is 0.0507. The van der Waals surface area contributed by atoms with E-state index in [1.54, 1.807) is 6.07 Å². The molecule has 0 aliphatic carbocycles. The summed E-state index contributed by atoms with van der Waals surface area (Å²) in [6.45, 7) is 1.34. The van der Waals surface area contributed by atoms with E-state index in [0.717, 1.165) is 0 Å². The molecule has 2 rings (SSSR count). The predicted octanol–water partition coefficient (Wildman–Crippen LogP) is -0.568. The highest BCUT2D eigenvalue weighted by Gasteiger charge is 2.38. The Balaban J connectivity index is 2.38. The lowest BCUT2D eigenvalue weighted by Crippen LogP contribution is -2.41. The smallest absolute Gasteiger partial charge is 0.484 e. The van der Waals surface area contributed by atoms with Gasteiger partial charge in [-0.05, 0) is 18.6 Å². The summed E-state index contributed by atoms with van der Waals surface area (Å²) >= 11 is 0. The first-order chi connectivity index (χ1) is 9.35. The van der Waals surface area contributed by atoms with E-state index in [0.29, 0.717) is 5.56 Å². The number of rotatable bonds is 4. The van der Waals surface area contributed by atoms with Crippen molar-refractivity contribution in [2.75, 3.05) is 6.61 Å². The highest BCUT2D eigenvalue weighted by molar-refractivity contribution is 6.63. The van der Waals surface area contributed by atoms with E-state index in [4.69, 9.17) is 20.4 Å². The van der Waals surface area contributed by atoms with E-state index < -0.39 is 17.6 Å². The van der Waals surface area contributed by atoms with Crippen LogP contribution < -0.4 is 15.9 Å². The lowest BCUT2D eigenvalue weighted by molar-refractivity contribution is -0.384. The topological polar surface area (TPSA) is 132 Å². The number of fused-ring (bicyclic) bond motifs is 1. The van der Waals surface area contributed by atoms with Crippen molar-refractivity contribution < 1.29 is 19.3 Å². The normalized spacial score (nSPS) is 16.2. The zero-order valence-corrected chi connectivity index (χ0v) is 10.7. The molecule has 1 aromatic rings. The van der Waals surface area contributed by atoms with Crippen molar-refractivity contribution in [2.24, 2.45) is 5.73 Å². The Morgan fingerprint density at radius 2 is 2.45 bits per heavy atom. The van der Waals surface area contributed by atoms with E-state index in [1.807, 2.05) is 6.07 Å². The molecule has 9 heteroatoms. The molecule has 0 saturated carbocycles. The van der Waals surface area contributed by atoms with Crippen LogP contribution in [0.4, 0.5) is 5.69 Å². The van der Waals surface area contributed by atoms with Crippen LogP contribution in [-0.2, 0) is 11.3 Å². The molecule has 0 radical (unpaired) electrons. The predicted molar refractivity (Wildman–Crippen MR) is 69.2 cm³/mol. The lowest BCUT2D eigenvalue weighted by atomic mass is 9.78. The third-order valence-electron chi connectivity index (χ3n) is 2.88. The fraction of sp³-hybridized carbons (Fsp3) is 0.364. The van der Waals surface area contributed by atoms with E-state index in [-0.39, 0.29) is 30.1 Å². The lowest BCUT2D eigenvalue weighted by Gasteiger charge is -2.16. The molecule has 1 aliphatic rings. The average Bonchev–Trinajstić information content (AvgIpc) is 2.77. The van der Waals surface area contributed by atoms with Gasteiger partial charge in [-0.25, -0.2) is 0 Å². The number of hydrogen-bond donors (Lipinski definition) is 2. The first kappa shape index (κ1) is 14.3. The molecule has 1 heterocycles. The van der Waals surface area contributed by atoms with Crippen LogP contribution in [0.25, 0.3) is 0 Å². The van der Waals surface area contributed by atoms with Gasteiger partial charge in [-0.15, -0.1) is 0 Å². The number of nitrogens with two attached hydrogens (primary N) is 1. The molecular weight excluding hydrogens is 265 g/mol. The molecule has 1 aromatic carbocycles. The van der Waals surface area contributed by atoms with Crippen LogP contribution in [0, 0.1) is 21.4 Å². The third-order valence-corrected chi connectivity index (χ3v) is 2.88. The minimum atomic E-state index is -1.35. The highest BCUT2D eigenvalue weighted by Crippen LogP contribution is 2.29. The molecule has 1 unspecified atom stereocenters. The molecule has 1 atom stereocenters. The Morgan fingerprint density at radius 3 is 3.05 bits per heavy atom. The third kappa shape index (κ3) is 2.58. The maximum atomic E-state index is 11.2. The summed E-state index contributed by atoms with van der Waals surface area (Å²) < 4.78 is 10.2. The number of nitrogens with zero attached hydrogens (tertiary/aromatic N) is 2. The Labute approximate surface area is 115 Å². The fourth-order valence-electron chi connectivity index (χ4n) is 1.85. The van der Waals surface area contributed by atoms with Crippen molar-refractivity contribution >= 4 is 18.3 Å². The first-order valence-electron chi connectivity index (χ1n) is 5.78. The van der Waals surface area contributed by atoms with Crippen LogP contribution in [-0.4, -0.2) is 29.2 Å². The van der Waals surface area contributed by atoms with Crippen molar-refractivity contribution in [3.05, 3.63) is 27.8 Å². The first-order valence-corrected chi connectivity index (χ1v) is 5.78. The Morgan fingerprint density at radius 1 is 1.75 bits per heavy atom. The zero-order chi connectivity index (χ0) is 14.9. The highest BCUT2D eigenvalue weighted by atomic mass is 16.6. The van der Waals surface area contributed by atoms with Gasteiger partial charge in [0.1, 0.15) is 12.1 Å². The van der Waals surface area contributed by atoms with E-state index in [9.17, 15) is 15.1 Å². The number of nitro groups is 1. The average molecular weight is 277 g/mol. The Kier molecular flexibility index (Phi) is 3.63. The molecule has 0 bridgehead atoms. The summed E-state index contributed by atoms with van der Waals surface area (Å²) in [6, 6.07) is 4.82. The molecule has 0 fully saturated rings. The summed E-state index contributed by atoms with van der Waals surface area (Å²) in [4.78, 5) is 10.5. The Hall–Kier alpha value is -2.15. The van der Waals surface area contributed by atoms with Crippen LogP contribution in [0.5, 0.6) is 5.75 Å². The van der Waals surface area contributed by atoms with Crippen LogP contribution in [0.15, 0.2) is 12.1 Å². The van der Waals surface area contributed by atoms with Crippen LogP contribution in [0.1, 0.15) is 12.5 Å². The largest absolute Gasteiger partial charge is 0.499 e. The van der Waals surface area contributed by atoms with Gasteiger partial charge < -0.3 is 20.1 Å². The van der Waals surface area contributed by atoms with Gasteiger partial charge in [0, 0.05) is 0 Å². The molecule has 3 N–H and O–H groups in total. The summed E-state index contributed by atoms with van der Waals surface area (Å²) in [6.07, 6.45) is 0. The number of hydrogen-bond acceptors (Lipinski definition) is 7. The van der Waals surface area contributed by atoms with Gasteiger partial charge >= 0.3 is 12.8 Å². The van der Waals surface area contributed by atoms with Gasteiger partial charge in [-0.1, -0.05) is 6.07 Å². The number of benzene rings is 1. The van der Waals surface area contributed by atoms with Gasteiger partial charge in [0.15, 0.2) is 5.75 Å². The molecule has 0 aromatic heterocycles. The standard InChI is InChI=1S/C11H12BN3O5/c1-11(14,5-13)6-19-8-3-2-7-4-20-12(16)9(7)10(8)15(17)18/h2-3,16H,4,6,14H2,1H3. The monoisotopic (exact) mass is 277 g/mol. The Bertz CT molecular complexity index is 598. The van der Waals surface area contributed by atoms with Crippen LogP contribution >= 0.6 is 0 Å². The van der Waals surface area contributed by atoms with Gasteiger partial charge in [0.05, 0.1) is 23.1 Å². The summed E-state index contributed by atoms with van der Waals surface area (Å²) in [5.41, 5.74) is 4.60. The van der Waals surface area contributed by atoms with Gasteiger partial charge in [-0.3, -0.25) is 10.1 Å². The summed E-state index contributed by atoms with van der Waals surface area (Å²) in [5.74, 6) is -0.0507. The molecule has 104 valence electrons. The van der Waals surface area contributed by atoms with Crippen LogP contribution in [0.2, 0.25) is 0 Å². The second-order valence-electron chi connectivity index (χ2n) is 4.72. The van der Waals surface area contributed by atoms with Crippen LogP contribution in [0.3, 0.4) is 0 Å². The minimum Gasteiger partial charge on any atom is -0.484 e. The molecule has 8 nitrogen and oxygen atoms in total. The summed E-state index contributed by atoms with van der Waals surface area (Å²) in [7, 11) is -1.35. The molecule has 0 spiro atoms.